The fourth-order valence-corrected chi connectivity index (χ4v) is 2.30. The van der Waals surface area contributed by atoms with Crippen LogP contribution in [-0.2, 0) is 4.74 Å². The second-order valence-electron chi connectivity index (χ2n) is 4.64. The van der Waals surface area contributed by atoms with Crippen molar-refractivity contribution in [2.24, 2.45) is 0 Å². The Balaban J connectivity index is 2.09. The molecule has 4 heteroatoms. The molecule has 2 heterocycles. The van der Waals surface area contributed by atoms with Crippen LogP contribution >= 0.6 is 0 Å². The number of ether oxygens (including phenoxy) is 1. The quantitative estimate of drug-likeness (QED) is 0.713. The summed E-state index contributed by atoms with van der Waals surface area (Å²) < 4.78 is 5.13. The van der Waals surface area contributed by atoms with Gasteiger partial charge in [0, 0.05) is 23.1 Å². The lowest BCUT2D eigenvalue weighted by Gasteiger charge is -2.02. The fourth-order valence-electron chi connectivity index (χ4n) is 2.30. The van der Waals surface area contributed by atoms with E-state index >= 15 is 0 Å². The second kappa shape index (κ2) is 5.71. The van der Waals surface area contributed by atoms with Crippen LogP contribution in [0.15, 0.2) is 54.7 Å². The number of hydrogen-bond acceptors (Lipinski definition) is 2. The maximum absolute atomic E-state index is 12.1. The van der Waals surface area contributed by atoms with Gasteiger partial charge in [0.2, 0.25) is 0 Å². The molecule has 0 aliphatic heterocycles. The van der Waals surface area contributed by atoms with E-state index in [2.05, 4.69) is 9.97 Å². The van der Waals surface area contributed by atoms with Crippen LogP contribution in [0, 0.1) is 0 Å². The van der Waals surface area contributed by atoms with Crippen LogP contribution in [0.1, 0.15) is 17.4 Å². The molecule has 0 saturated heterocycles. The van der Waals surface area contributed by atoms with Crippen LogP contribution in [0.3, 0.4) is 0 Å². The van der Waals surface area contributed by atoms with Crippen LogP contribution in [-0.4, -0.2) is 22.5 Å². The molecule has 0 aliphatic rings. The average Bonchev–Trinajstić information content (AvgIpc) is 3.17. The molecule has 0 atom stereocenters. The van der Waals surface area contributed by atoms with Crippen molar-refractivity contribution in [1.82, 2.24) is 9.97 Å². The van der Waals surface area contributed by atoms with Crippen molar-refractivity contribution >= 4 is 5.97 Å². The zero-order valence-corrected chi connectivity index (χ0v) is 11.7. The molecule has 0 fully saturated rings. The van der Waals surface area contributed by atoms with E-state index in [0.29, 0.717) is 12.3 Å². The summed E-state index contributed by atoms with van der Waals surface area (Å²) in [5, 5.41) is 0. The Morgan fingerprint density at radius 3 is 2.57 bits per heavy atom. The lowest BCUT2D eigenvalue weighted by Crippen LogP contribution is -2.06. The number of rotatable bonds is 4. The Morgan fingerprint density at radius 2 is 1.90 bits per heavy atom. The van der Waals surface area contributed by atoms with E-state index in [-0.39, 0.29) is 5.97 Å². The third-order valence-corrected chi connectivity index (χ3v) is 3.27. The van der Waals surface area contributed by atoms with Crippen LogP contribution in [0.2, 0.25) is 0 Å². The van der Waals surface area contributed by atoms with Gasteiger partial charge >= 0.3 is 5.97 Å². The molecule has 0 bridgehead atoms. The molecule has 0 radical (unpaired) electrons. The zero-order valence-electron chi connectivity index (χ0n) is 11.7. The molecule has 2 N–H and O–H groups in total. The van der Waals surface area contributed by atoms with Gasteiger partial charge in [-0.1, -0.05) is 30.3 Å². The number of aromatic nitrogens is 2. The molecule has 106 valence electrons. The highest BCUT2D eigenvalue weighted by Gasteiger charge is 2.19. The molecule has 0 spiro atoms. The summed E-state index contributed by atoms with van der Waals surface area (Å²) in [6, 6.07) is 15.7. The Hall–Kier alpha value is -2.75. The molecule has 0 unspecified atom stereocenters. The number of carbonyl (C=O) groups is 1. The largest absolute Gasteiger partial charge is 0.461 e. The van der Waals surface area contributed by atoms with Crippen molar-refractivity contribution in [3.8, 4) is 22.5 Å². The van der Waals surface area contributed by atoms with Crippen LogP contribution < -0.4 is 0 Å². The summed E-state index contributed by atoms with van der Waals surface area (Å²) in [6.07, 6.45) is 1.83. The fraction of sp³-hybridized carbons (Fsp3) is 0.118. The van der Waals surface area contributed by atoms with Gasteiger partial charge in [-0.25, -0.2) is 4.79 Å². The molecule has 4 nitrogen and oxygen atoms in total. The molecular formula is C17H16N2O2. The zero-order chi connectivity index (χ0) is 14.7. The number of esters is 1. The average molecular weight is 280 g/mol. The lowest BCUT2D eigenvalue weighted by atomic mass is 10.1. The highest BCUT2D eigenvalue weighted by Crippen LogP contribution is 2.29. The van der Waals surface area contributed by atoms with Crippen LogP contribution in [0.5, 0.6) is 0 Å². The number of carbonyl (C=O) groups excluding carboxylic acids is 1. The predicted molar refractivity (Wildman–Crippen MR) is 82.0 cm³/mol. The number of nitrogens with one attached hydrogen (secondary N) is 2. The number of benzene rings is 1. The molecule has 0 aliphatic carbocycles. The van der Waals surface area contributed by atoms with Gasteiger partial charge in [0.05, 0.1) is 6.61 Å². The number of aromatic amines is 2. The van der Waals surface area contributed by atoms with Gasteiger partial charge < -0.3 is 14.7 Å². The molecule has 3 aromatic rings. The normalized spacial score (nSPS) is 10.5. The summed E-state index contributed by atoms with van der Waals surface area (Å²) in [6.45, 7) is 2.15. The van der Waals surface area contributed by atoms with E-state index < -0.39 is 0 Å². The molecule has 3 rings (SSSR count). The summed E-state index contributed by atoms with van der Waals surface area (Å²) >= 11 is 0. The van der Waals surface area contributed by atoms with Crippen molar-refractivity contribution in [1.29, 1.82) is 0 Å². The van der Waals surface area contributed by atoms with E-state index in [1.54, 1.807) is 6.92 Å². The predicted octanol–water partition coefficient (Wildman–Crippen LogP) is 3.85. The first-order valence-electron chi connectivity index (χ1n) is 6.89. The van der Waals surface area contributed by atoms with Crippen molar-refractivity contribution in [3.05, 3.63) is 60.4 Å². The highest BCUT2D eigenvalue weighted by atomic mass is 16.5. The topological polar surface area (TPSA) is 57.9 Å². The Labute approximate surface area is 122 Å². The van der Waals surface area contributed by atoms with Gasteiger partial charge in [0.15, 0.2) is 0 Å². The first-order valence-corrected chi connectivity index (χ1v) is 6.89. The maximum atomic E-state index is 12.1. The molecule has 0 saturated carbocycles. The Bertz CT molecular complexity index is 728. The summed E-state index contributed by atoms with van der Waals surface area (Å²) in [7, 11) is 0. The summed E-state index contributed by atoms with van der Waals surface area (Å²) in [4.78, 5) is 18.4. The molecule has 21 heavy (non-hydrogen) atoms. The van der Waals surface area contributed by atoms with Crippen LogP contribution in [0.25, 0.3) is 22.5 Å². The van der Waals surface area contributed by atoms with Gasteiger partial charge in [-0.3, -0.25) is 0 Å². The minimum Gasteiger partial charge on any atom is -0.461 e. The lowest BCUT2D eigenvalue weighted by molar-refractivity contribution is 0.0521. The minimum absolute atomic E-state index is 0.343. The third kappa shape index (κ3) is 2.60. The van der Waals surface area contributed by atoms with Crippen molar-refractivity contribution < 1.29 is 9.53 Å². The first kappa shape index (κ1) is 13.2. The molecular weight excluding hydrogens is 264 g/mol. The SMILES string of the molecule is CCOC(=O)c1[nH]c(-c2ccccc2)cc1-c1ccc[nH]1. The van der Waals surface area contributed by atoms with Gasteiger partial charge in [0.25, 0.3) is 0 Å². The summed E-state index contributed by atoms with van der Waals surface area (Å²) in [5.74, 6) is -0.343. The third-order valence-electron chi connectivity index (χ3n) is 3.27. The Morgan fingerprint density at radius 1 is 1.10 bits per heavy atom. The van der Waals surface area contributed by atoms with E-state index in [1.807, 2.05) is 54.7 Å². The van der Waals surface area contributed by atoms with Crippen LogP contribution in [0.4, 0.5) is 0 Å². The smallest absolute Gasteiger partial charge is 0.355 e. The van der Waals surface area contributed by atoms with Crippen molar-refractivity contribution in [3.63, 3.8) is 0 Å². The Kier molecular flexibility index (Phi) is 3.60. The van der Waals surface area contributed by atoms with Crippen molar-refractivity contribution in [2.75, 3.05) is 6.61 Å². The molecule has 0 amide bonds. The van der Waals surface area contributed by atoms with Gasteiger partial charge in [-0.15, -0.1) is 0 Å². The maximum Gasteiger partial charge on any atom is 0.355 e. The van der Waals surface area contributed by atoms with Gasteiger partial charge in [0.1, 0.15) is 5.69 Å². The summed E-state index contributed by atoms with van der Waals surface area (Å²) in [5.41, 5.74) is 4.09. The minimum atomic E-state index is -0.343. The van der Waals surface area contributed by atoms with E-state index in [0.717, 1.165) is 22.5 Å². The monoisotopic (exact) mass is 280 g/mol. The second-order valence-corrected chi connectivity index (χ2v) is 4.64. The van der Waals surface area contributed by atoms with E-state index in [9.17, 15) is 4.79 Å². The van der Waals surface area contributed by atoms with E-state index in [1.165, 1.54) is 0 Å². The van der Waals surface area contributed by atoms with E-state index in [4.69, 9.17) is 4.74 Å². The standard InChI is InChI=1S/C17H16N2O2/c1-2-21-17(20)16-13(14-9-6-10-18-14)11-15(19-16)12-7-4-3-5-8-12/h3-11,18-19H,2H2,1H3. The van der Waals surface area contributed by atoms with Crippen molar-refractivity contribution in [2.45, 2.75) is 6.92 Å². The van der Waals surface area contributed by atoms with Gasteiger partial charge in [-0.05, 0) is 30.7 Å². The number of H-pyrrole nitrogens is 2. The molecule has 2 aromatic heterocycles. The first-order chi connectivity index (χ1) is 10.3. The number of hydrogen-bond donors (Lipinski definition) is 2. The molecule has 1 aromatic carbocycles. The highest BCUT2D eigenvalue weighted by molar-refractivity contribution is 5.96. The van der Waals surface area contributed by atoms with Gasteiger partial charge in [-0.2, -0.15) is 0 Å².